The number of benzene rings is 10. The van der Waals surface area contributed by atoms with Crippen LogP contribution in [0.15, 0.2) is 199 Å². The number of furan rings is 1. The van der Waals surface area contributed by atoms with Gasteiger partial charge in [-0.3, -0.25) is 4.57 Å². The molecular weight excluding hydrogens is 789 g/mol. The van der Waals surface area contributed by atoms with E-state index in [-0.39, 0.29) is 0 Å². The molecule has 0 unspecified atom stereocenters. The van der Waals surface area contributed by atoms with Crippen molar-refractivity contribution in [3.05, 3.63) is 194 Å². The van der Waals surface area contributed by atoms with Gasteiger partial charge in [0.05, 0.1) is 11.0 Å². The Morgan fingerprint density at radius 2 is 0.968 bits per heavy atom. The summed E-state index contributed by atoms with van der Waals surface area (Å²) >= 11 is 1.85. The largest absolute Gasteiger partial charge is 0.456 e. The summed E-state index contributed by atoms with van der Waals surface area (Å²) in [7, 11) is 0. The molecule has 14 rings (SSSR count). The zero-order chi connectivity index (χ0) is 41.2. The number of fused-ring (bicyclic) bond motifs is 14. The Balaban J connectivity index is 1.07. The summed E-state index contributed by atoms with van der Waals surface area (Å²) in [5, 5.41) is 14.1. The molecule has 0 atom stereocenters. The first kappa shape index (κ1) is 34.5. The molecule has 0 radical (unpaired) electrons. The van der Waals surface area contributed by atoms with E-state index in [0.717, 1.165) is 87.5 Å². The van der Waals surface area contributed by atoms with Crippen LogP contribution in [0.1, 0.15) is 0 Å². The van der Waals surface area contributed by atoms with Gasteiger partial charge in [0.25, 0.3) is 0 Å². The fourth-order valence-corrected chi connectivity index (χ4v) is 11.1. The minimum Gasteiger partial charge on any atom is -0.456 e. The van der Waals surface area contributed by atoms with Crippen LogP contribution in [0.5, 0.6) is 0 Å². The predicted molar refractivity (Wildman–Crippen MR) is 263 cm³/mol. The molecule has 0 aliphatic rings. The molecular formula is C57H32N4OS. The van der Waals surface area contributed by atoms with E-state index in [2.05, 4.69) is 180 Å². The number of para-hydroxylation sites is 2. The van der Waals surface area contributed by atoms with Crippen LogP contribution >= 0.6 is 11.3 Å². The molecule has 0 aliphatic carbocycles. The van der Waals surface area contributed by atoms with Gasteiger partial charge in [0.2, 0.25) is 5.95 Å². The summed E-state index contributed by atoms with van der Waals surface area (Å²) in [6, 6.07) is 69.2. The lowest BCUT2D eigenvalue weighted by atomic mass is 9.99. The van der Waals surface area contributed by atoms with E-state index in [1.165, 1.54) is 30.9 Å². The Hall–Kier alpha value is -8.19. The number of hydrogen-bond acceptors (Lipinski definition) is 5. The van der Waals surface area contributed by atoms with Crippen LogP contribution in [0, 0.1) is 0 Å². The van der Waals surface area contributed by atoms with E-state index in [1.807, 2.05) is 29.5 Å². The zero-order valence-electron chi connectivity index (χ0n) is 33.6. The average molecular weight is 821 g/mol. The minimum atomic E-state index is 0.547. The van der Waals surface area contributed by atoms with Gasteiger partial charge in [-0.15, -0.1) is 11.3 Å². The first-order chi connectivity index (χ1) is 31.2. The fraction of sp³-hybridized carbons (Fsp3) is 0. The molecule has 6 heteroatoms. The van der Waals surface area contributed by atoms with Crippen LogP contribution in [0.4, 0.5) is 0 Å². The molecule has 0 aliphatic heterocycles. The van der Waals surface area contributed by atoms with E-state index in [1.54, 1.807) is 0 Å². The summed E-state index contributed by atoms with van der Waals surface area (Å²) in [4.78, 5) is 16.1. The number of aromatic nitrogens is 4. The summed E-state index contributed by atoms with van der Waals surface area (Å²) in [5.74, 6) is 1.71. The van der Waals surface area contributed by atoms with Crippen molar-refractivity contribution in [3.8, 4) is 39.9 Å². The summed E-state index contributed by atoms with van der Waals surface area (Å²) < 4.78 is 11.2. The third-order valence-electron chi connectivity index (χ3n) is 12.8. The maximum atomic E-state index is 6.40. The second kappa shape index (κ2) is 13.2. The molecule has 0 N–H and O–H groups in total. The van der Waals surface area contributed by atoms with Crippen molar-refractivity contribution in [2.24, 2.45) is 0 Å². The molecule has 292 valence electrons. The van der Waals surface area contributed by atoms with E-state index in [0.29, 0.717) is 17.6 Å². The number of rotatable bonds is 4. The SMILES string of the molecule is c1ccc2cc(-c3nc(-c4ccc5c(c4)oc4ccccc45)nc(-n4c5c(-c6ccc7c(c6)sc6ccc8ccccc8c67)cccc5c5ccc6ccccc6c54)n3)ccc2c1. The highest BCUT2D eigenvalue weighted by molar-refractivity contribution is 7.26. The van der Waals surface area contributed by atoms with Gasteiger partial charge >= 0.3 is 0 Å². The molecule has 4 aromatic heterocycles. The molecule has 0 fully saturated rings. The highest BCUT2D eigenvalue weighted by Crippen LogP contribution is 2.44. The predicted octanol–water partition coefficient (Wildman–Crippen LogP) is 15.7. The fourth-order valence-electron chi connectivity index (χ4n) is 9.89. The van der Waals surface area contributed by atoms with E-state index in [9.17, 15) is 0 Å². The maximum Gasteiger partial charge on any atom is 0.238 e. The van der Waals surface area contributed by atoms with Gasteiger partial charge in [-0.1, -0.05) is 158 Å². The minimum absolute atomic E-state index is 0.547. The van der Waals surface area contributed by atoms with Crippen molar-refractivity contribution in [1.29, 1.82) is 0 Å². The van der Waals surface area contributed by atoms with Crippen molar-refractivity contribution < 1.29 is 4.42 Å². The van der Waals surface area contributed by atoms with Crippen LogP contribution in [-0.4, -0.2) is 19.5 Å². The summed E-state index contributed by atoms with van der Waals surface area (Å²) in [5.41, 5.74) is 7.75. The first-order valence-corrected chi connectivity index (χ1v) is 22.0. The highest BCUT2D eigenvalue weighted by atomic mass is 32.1. The zero-order valence-corrected chi connectivity index (χ0v) is 34.4. The van der Waals surface area contributed by atoms with Crippen molar-refractivity contribution in [2.45, 2.75) is 0 Å². The third-order valence-corrected chi connectivity index (χ3v) is 13.9. The normalized spacial score (nSPS) is 12.1. The van der Waals surface area contributed by atoms with Gasteiger partial charge in [-0.05, 0) is 68.9 Å². The lowest BCUT2D eigenvalue weighted by molar-refractivity contribution is 0.669. The second-order valence-electron chi connectivity index (χ2n) is 16.3. The first-order valence-electron chi connectivity index (χ1n) is 21.2. The Labute approximate surface area is 363 Å². The van der Waals surface area contributed by atoms with Crippen LogP contribution in [-0.2, 0) is 0 Å². The van der Waals surface area contributed by atoms with Gasteiger partial charge in [0.1, 0.15) is 11.2 Å². The average Bonchev–Trinajstić information content (AvgIpc) is 4.03. The van der Waals surface area contributed by atoms with Crippen molar-refractivity contribution in [3.63, 3.8) is 0 Å². The Kier molecular flexibility index (Phi) is 7.21. The van der Waals surface area contributed by atoms with Crippen molar-refractivity contribution in [2.75, 3.05) is 0 Å². The Morgan fingerprint density at radius 3 is 1.84 bits per heavy atom. The molecule has 0 spiro atoms. The molecule has 0 bridgehead atoms. The molecule has 0 saturated heterocycles. The van der Waals surface area contributed by atoms with Crippen molar-refractivity contribution >= 4 is 108 Å². The standard InChI is InChI=1S/C57H32N4OS/c1-2-13-36-30-38(21-20-33(36)10-1)55-58-56(39-24-26-44-43-16-7-8-19-48(43)62-49(44)31-39)60-57(59-55)61-53-41-15-6-4-12-35(41)22-27-46(53)45-18-9-17-42(54(45)61)37-23-28-47-51(32-37)63-50-29-25-34-11-3-5-14-40(34)52(47)50/h1-32H. The topological polar surface area (TPSA) is 56.7 Å². The summed E-state index contributed by atoms with van der Waals surface area (Å²) in [6.07, 6.45) is 0. The van der Waals surface area contributed by atoms with Crippen LogP contribution in [0.2, 0.25) is 0 Å². The van der Waals surface area contributed by atoms with Gasteiger partial charge in [0.15, 0.2) is 11.6 Å². The van der Waals surface area contributed by atoms with Crippen LogP contribution in [0.25, 0.3) is 136 Å². The molecule has 10 aromatic carbocycles. The molecule has 0 amide bonds. The lowest BCUT2D eigenvalue weighted by Crippen LogP contribution is -2.07. The van der Waals surface area contributed by atoms with Gasteiger partial charge in [-0.25, -0.2) is 4.98 Å². The molecule has 14 aromatic rings. The molecule has 5 nitrogen and oxygen atoms in total. The van der Waals surface area contributed by atoms with Gasteiger partial charge in [-0.2, -0.15) is 9.97 Å². The third kappa shape index (κ3) is 5.19. The molecule has 63 heavy (non-hydrogen) atoms. The monoisotopic (exact) mass is 820 g/mol. The number of nitrogens with zero attached hydrogens (tertiary/aromatic N) is 4. The van der Waals surface area contributed by atoms with E-state index < -0.39 is 0 Å². The van der Waals surface area contributed by atoms with E-state index in [4.69, 9.17) is 19.4 Å². The van der Waals surface area contributed by atoms with Crippen LogP contribution in [0.3, 0.4) is 0 Å². The number of thiophene rings is 1. The maximum absolute atomic E-state index is 6.40. The molecule has 4 heterocycles. The number of hydrogen-bond donors (Lipinski definition) is 0. The van der Waals surface area contributed by atoms with Crippen LogP contribution < -0.4 is 0 Å². The van der Waals surface area contributed by atoms with Gasteiger partial charge < -0.3 is 4.42 Å². The van der Waals surface area contributed by atoms with E-state index >= 15 is 0 Å². The lowest BCUT2D eigenvalue weighted by Gasteiger charge is -2.14. The second-order valence-corrected chi connectivity index (χ2v) is 17.4. The Morgan fingerprint density at radius 1 is 0.365 bits per heavy atom. The van der Waals surface area contributed by atoms with Crippen molar-refractivity contribution in [1.82, 2.24) is 19.5 Å². The Bertz CT molecular complexity index is 4230. The molecule has 0 saturated carbocycles. The highest BCUT2D eigenvalue weighted by Gasteiger charge is 2.23. The smallest absolute Gasteiger partial charge is 0.238 e. The quantitative estimate of drug-likeness (QED) is 0.177. The summed E-state index contributed by atoms with van der Waals surface area (Å²) in [6.45, 7) is 0. The van der Waals surface area contributed by atoms with Gasteiger partial charge in [0, 0.05) is 63.8 Å².